The number of hydrogen-bond acceptors (Lipinski definition) is 6. The van der Waals surface area contributed by atoms with Crippen LogP contribution in [0.25, 0.3) is 22.7 Å². The molecule has 0 aromatic carbocycles. The third-order valence-electron chi connectivity index (χ3n) is 4.88. The average molecular weight is 415 g/mol. The second-order valence-corrected chi connectivity index (χ2v) is 7.38. The van der Waals surface area contributed by atoms with Crippen molar-refractivity contribution in [3.8, 4) is 23.4 Å². The van der Waals surface area contributed by atoms with Gasteiger partial charge in [0.1, 0.15) is 11.6 Å². The van der Waals surface area contributed by atoms with Gasteiger partial charge in [-0.15, -0.1) is 0 Å². The Labute approximate surface area is 174 Å². The first-order chi connectivity index (χ1) is 14.2. The second kappa shape index (κ2) is 8.95. The van der Waals surface area contributed by atoms with Crippen molar-refractivity contribution in [2.75, 3.05) is 6.61 Å². The van der Waals surface area contributed by atoms with E-state index in [2.05, 4.69) is 33.7 Å². The molecule has 29 heavy (non-hydrogen) atoms. The van der Waals surface area contributed by atoms with Crippen molar-refractivity contribution in [3.63, 3.8) is 0 Å². The molecule has 2 atom stereocenters. The Kier molecular flexibility index (Phi) is 6.14. The highest BCUT2D eigenvalue weighted by atomic mass is 35.5. The first kappa shape index (κ1) is 19.9. The number of aliphatic hydroxyl groups is 1. The van der Waals surface area contributed by atoms with Crippen LogP contribution >= 0.6 is 11.6 Å². The number of aromatic nitrogens is 4. The van der Waals surface area contributed by atoms with Crippen LogP contribution in [-0.4, -0.2) is 37.3 Å². The predicted octanol–water partition coefficient (Wildman–Crippen LogP) is 4.34. The summed E-state index contributed by atoms with van der Waals surface area (Å²) < 4.78 is 13.0. The molecule has 0 unspecified atom stereocenters. The normalized spacial score (nSPS) is 18.9. The monoisotopic (exact) mass is 414 g/mol. The summed E-state index contributed by atoms with van der Waals surface area (Å²) in [5.74, 6) is 7.47. The summed E-state index contributed by atoms with van der Waals surface area (Å²) in [4.78, 5) is 13.4. The van der Waals surface area contributed by atoms with Crippen molar-refractivity contribution < 1.29 is 14.3 Å². The van der Waals surface area contributed by atoms with Crippen LogP contribution in [0, 0.1) is 11.8 Å². The smallest absolute Gasteiger partial charge is 0.208 e. The van der Waals surface area contributed by atoms with E-state index >= 15 is 0 Å². The lowest BCUT2D eigenvalue weighted by Crippen LogP contribution is -2.20. The first-order valence-electron chi connectivity index (χ1n) is 9.97. The number of furan rings is 1. The van der Waals surface area contributed by atoms with Gasteiger partial charge in [-0.3, -0.25) is 4.57 Å². The maximum Gasteiger partial charge on any atom is 0.208 e. The molecule has 3 aromatic heterocycles. The SMILES string of the molecule is CCCCCCC#Cc1nc(Cl)c2nc(-c3ccco3)n([C@@H]3OCC[C@H]3O)c2n1. The molecule has 1 aliphatic rings. The summed E-state index contributed by atoms with van der Waals surface area (Å²) in [5, 5.41) is 10.6. The Morgan fingerprint density at radius 1 is 1.28 bits per heavy atom. The molecule has 8 heteroatoms. The van der Waals surface area contributed by atoms with Gasteiger partial charge in [-0.05, 0) is 24.5 Å². The highest BCUT2D eigenvalue weighted by molar-refractivity contribution is 6.33. The highest BCUT2D eigenvalue weighted by Crippen LogP contribution is 2.34. The van der Waals surface area contributed by atoms with E-state index in [1.165, 1.54) is 19.3 Å². The maximum absolute atomic E-state index is 10.4. The summed E-state index contributed by atoms with van der Waals surface area (Å²) in [6.45, 7) is 2.63. The van der Waals surface area contributed by atoms with Crippen molar-refractivity contribution in [2.45, 2.75) is 57.8 Å². The minimum Gasteiger partial charge on any atom is -0.461 e. The van der Waals surface area contributed by atoms with Crippen molar-refractivity contribution in [3.05, 3.63) is 29.4 Å². The third kappa shape index (κ3) is 4.15. The van der Waals surface area contributed by atoms with E-state index in [1.54, 1.807) is 23.0 Å². The van der Waals surface area contributed by atoms with Gasteiger partial charge < -0.3 is 14.3 Å². The van der Waals surface area contributed by atoms with Gasteiger partial charge in [0.2, 0.25) is 5.82 Å². The Hall–Kier alpha value is -2.40. The number of halogens is 1. The van der Waals surface area contributed by atoms with Gasteiger partial charge in [0, 0.05) is 12.8 Å². The van der Waals surface area contributed by atoms with E-state index < -0.39 is 12.3 Å². The Morgan fingerprint density at radius 3 is 2.90 bits per heavy atom. The molecule has 4 heterocycles. The van der Waals surface area contributed by atoms with E-state index in [1.807, 2.05) is 0 Å². The molecular weight excluding hydrogens is 392 g/mol. The van der Waals surface area contributed by atoms with Gasteiger partial charge in [-0.1, -0.05) is 43.7 Å². The van der Waals surface area contributed by atoms with Crippen LogP contribution < -0.4 is 0 Å². The number of fused-ring (bicyclic) bond motifs is 1. The summed E-state index contributed by atoms with van der Waals surface area (Å²) >= 11 is 6.40. The Morgan fingerprint density at radius 2 is 2.17 bits per heavy atom. The summed E-state index contributed by atoms with van der Waals surface area (Å²) in [6.07, 6.45) is 6.22. The minimum atomic E-state index is -0.678. The molecule has 1 saturated heterocycles. The second-order valence-electron chi connectivity index (χ2n) is 7.02. The van der Waals surface area contributed by atoms with Gasteiger partial charge in [-0.2, -0.15) is 0 Å². The van der Waals surface area contributed by atoms with Crippen LogP contribution in [-0.2, 0) is 4.74 Å². The molecule has 1 N–H and O–H groups in total. The molecule has 0 bridgehead atoms. The molecule has 4 rings (SSSR count). The molecule has 3 aromatic rings. The number of unbranched alkanes of at least 4 members (excludes halogenated alkanes) is 4. The fourth-order valence-corrected chi connectivity index (χ4v) is 3.62. The first-order valence-corrected chi connectivity index (χ1v) is 10.3. The van der Waals surface area contributed by atoms with Gasteiger partial charge >= 0.3 is 0 Å². The van der Waals surface area contributed by atoms with Crippen LogP contribution in [0.4, 0.5) is 0 Å². The third-order valence-corrected chi connectivity index (χ3v) is 5.14. The molecule has 0 saturated carbocycles. The molecule has 152 valence electrons. The molecule has 1 fully saturated rings. The van der Waals surface area contributed by atoms with E-state index in [4.69, 9.17) is 20.8 Å². The van der Waals surface area contributed by atoms with E-state index in [-0.39, 0.29) is 5.15 Å². The van der Waals surface area contributed by atoms with Crippen molar-refractivity contribution in [2.24, 2.45) is 0 Å². The number of nitrogens with zero attached hydrogens (tertiary/aromatic N) is 4. The van der Waals surface area contributed by atoms with Crippen molar-refractivity contribution in [1.82, 2.24) is 19.5 Å². The Balaban J connectivity index is 1.74. The lowest BCUT2D eigenvalue weighted by atomic mass is 10.2. The Bertz CT molecular complexity index is 1040. The lowest BCUT2D eigenvalue weighted by molar-refractivity contribution is -0.00536. The molecule has 0 radical (unpaired) electrons. The fourth-order valence-electron chi connectivity index (χ4n) is 3.41. The summed E-state index contributed by atoms with van der Waals surface area (Å²) in [7, 11) is 0. The largest absolute Gasteiger partial charge is 0.461 e. The fraction of sp³-hybridized carbons (Fsp3) is 0.476. The van der Waals surface area contributed by atoms with Gasteiger partial charge in [0.25, 0.3) is 0 Å². The molecular formula is C21H23ClN4O3. The maximum atomic E-state index is 10.4. The van der Waals surface area contributed by atoms with E-state index in [0.29, 0.717) is 41.6 Å². The highest BCUT2D eigenvalue weighted by Gasteiger charge is 2.33. The standard InChI is InChI=1S/C21H23ClN4O3/c1-2-3-4-5-6-7-10-16-23-18(22)17-20(24-16)26(21-14(27)11-13-29-21)19(25-17)15-9-8-12-28-15/h8-9,12,14,21,27H,2-6,11,13H2,1H3/t14-,21-/m1/s1. The zero-order valence-electron chi connectivity index (χ0n) is 16.3. The van der Waals surface area contributed by atoms with Gasteiger partial charge in [0.05, 0.1) is 12.9 Å². The number of aliphatic hydroxyl groups excluding tert-OH is 1. The van der Waals surface area contributed by atoms with Crippen LogP contribution in [0.2, 0.25) is 5.15 Å². The minimum absolute atomic E-state index is 0.212. The zero-order valence-corrected chi connectivity index (χ0v) is 17.0. The molecule has 7 nitrogen and oxygen atoms in total. The predicted molar refractivity (Wildman–Crippen MR) is 109 cm³/mol. The van der Waals surface area contributed by atoms with Crippen LogP contribution in [0.1, 0.15) is 57.5 Å². The topological polar surface area (TPSA) is 86.2 Å². The number of hydrogen-bond donors (Lipinski definition) is 1. The van der Waals surface area contributed by atoms with E-state index in [0.717, 1.165) is 12.8 Å². The van der Waals surface area contributed by atoms with Crippen LogP contribution in [0.3, 0.4) is 0 Å². The van der Waals surface area contributed by atoms with Crippen molar-refractivity contribution in [1.29, 1.82) is 0 Å². The lowest BCUT2D eigenvalue weighted by Gasteiger charge is -2.18. The van der Waals surface area contributed by atoms with Crippen molar-refractivity contribution >= 4 is 22.8 Å². The number of imidazole rings is 1. The van der Waals surface area contributed by atoms with Crippen LogP contribution in [0.15, 0.2) is 22.8 Å². The quantitative estimate of drug-likeness (QED) is 0.367. The molecule has 1 aliphatic heterocycles. The summed E-state index contributed by atoms with van der Waals surface area (Å²) in [5.41, 5.74) is 0.895. The number of rotatable bonds is 6. The molecule has 0 spiro atoms. The van der Waals surface area contributed by atoms with Gasteiger partial charge in [0.15, 0.2) is 28.6 Å². The van der Waals surface area contributed by atoms with E-state index in [9.17, 15) is 5.11 Å². The van der Waals surface area contributed by atoms with Crippen LogP contribution in [0.5, 0.6) is 0 Å². The van der Waals surface area contributed by atoms with Gasteiger partial charge in [-0.25, -0.2) is 15.0 Å². The number of ether oxygens (including phenoxy) is 1. The summed E-state index contributed by atoms with van der Waals surface area (Å²) in [6, 6.07) is 3.56. The average Bonchev–Trinajstić information content (AvgIpc) is 3.44. The zero-order chi connectivity index (χ0) is 20.2. The molecule has 0 aliphatic carbocycles. The molecule has 0 amide bonds.